The number of ether oxygens (including phenoxy) is 1. The maximum Gasteiger partial charge on any atom is 0.325 e. The molecule has 0 aliphatic carbocycles. The molecule has 2 atom stereocenters. The highest BCUT2D eigenvalue weighted by Crippen LogP contribution is 2.21. The van der Waals surface area contributed by atoms with Crippen LogP contribution in [-0.2, 0) is 20.7 Å². The average Bonchev–Trinajstić information content (AvgIpc) is 3.18. The van der Waals surface area contributed by atoms with E-state index in [1.54, 1.807) is 4.90 Å². The van der Waals surface area contributed by atoms with Crippen LogP contribution in [0.2, 0.25) is 0 Å². The second-order valence-corrected chi connectivity index (χ2v) is 7.01. The van der Waals surface area contributed by atoms with Gasteiger partial charge in [-0.15, -0.1) is 0 Å². The largest absolute Gasteiger partial charge is 0.375 e. The molecule has 1 aromatic heterocycles. The summed E-state index contributed by atoms with van der Waals surface area (Å²) < 4.78 is 5.42. The van der Waals surface area contributed by atoms with E-state index in [-0.39, 0.29) is 24.5 Å². The number of para-hydroxylation sites is 1. The van der Waals surface area contributed by atoms with Crippen molar-refractivity contribution in [1.82, 2.24) is 20.1 Å². The van der Waals surface area contributed by atoms with Gasteiger partial charge in [0.15, 0.2) is 0 Å². The van der Waals surface area contributed by atoms with Crippen molar-refractivity contribution in [1.29, 1.82) is 0 Å². The molecule has 2 fully saturated rings. The Labute approximate surface area is 156 Å². The summed E-state index contributed by atoms with van der Waals surface area (Å²) in [4.78, 5) is 43.3. The molecule has 4 rings (SSSR count). The van der Waals surface area contributed by atoms with E-state index in [1.807, 2.05) is 37.4 Å². The van der Waals surface area contributed by atoms with Gasteiger partial charge >= 0.3 is 6.03 Å². The average molecular weight is 370 g/mol. The molecule has 2 saturated heterocycles. The van der Waals surface area contributed by atoms with Crippen LogP contribution >= 0.6 is 0 Å². The van der Waals surface area contributed by atoms with Crippen molar-refractivity contribution in [3.63, 3.8) is 0 Å². The van der Waals surface area contributed by atoms with Gasteiger partial charge in [0.1, 0.15) is 12.6 Å². The van der Waals surface area contributed by atoms with Crippen molar-refractivity contribution >= 4 is 28.7 Å². The zero-order chi connectivity index (χ0) is 19.0. The molecule has 2 aliphatic rings. The highest BCUT2D eigenvalue weighted by molar-refractivity contribution is 6.06. The third-order valence-electron chi connectivity index (χ3n) is 5.09. The number of aromatic amines is 1. The zero-order valence-corrected chi connectivity index (χ0v) is 15.1. The first kappa shape index (κ1) is 17.5. The number of morpholine rings is 1. The molecule has 2 aromatic rings. The van der Waals surface area contributed by atoms with Gasteiger partial charge in [-0.3, -0.25) is 14.5 Å². The predicted octanol–water partition coefficient (Wildman–Crippen LogP) is 0.878. The Morgan fingerprint density at radius 2 is 2.11 bits per heavy atom. The number of rotatable bonds is 4. The van der Waals surface area contributed by atoms with Crippen LogP contribution in [0.15, 0.2) is 30.5 Å². The van der Waals surface area contributed by atoms with Gasteiger partial charge < -0.3 is 19.9 Å². The molecule has 2 aliphatic heterocycles. The Balaban J connectivity index is 1.43. The number of benzene rings is 1. The van der Waals surface area contributed by atoms with Gasteiger partial charge in [0.05, 0.1) is 12.7 Å². The van der Waals surface area contributed by atoms with E-state index in [4.69, 9.17) is 4.74 Å². The lowest BCUT2D eigenvalue weighted by molar-refractivity contribution is -0.142. The van der Waals surface area contributed by atoms with Crippen LogP contribution in [0.25, 0.3) is 10.9 Å². The van der Waals surface area contributed by atoms with Crippen LogP contribution < -0.4 is 5.32 Å². The number of hydrogen-bond donors (Lipinski definition) is 2. The Morgan fingerprint density at radius 3 is 2.93 bits per heavy atom. The van der Waals surface area contributed by atoms with Crippen molar-refractivity contribution in [2.24, 2.45) is 0 Å². The molecule has 1 aromatic carbocycles. The molecule has 2 N–H and O–H groups in total. The van der Waals surface area contributed by atoms with Crippen molar-refractivity contribution in [2.45, 2.75) is 25.5 Å². The van der Waals surface area contributed by atoms with Crippen LogP contribution in [0.3, 0.4) is 0 Å². The fourth-order valence-corrected chi connectivity index (χ4v) is 3.67. The summed E-state index contributed by atoms with van der Waals surface area (Å²) in [6, 6.07) is 6.63. The zero-order valence-electron chi connectivity index (χ0n) is 15.1. The minimum absolute atomic E-state index is 0.0413. The number of carbonyl (C=O) groups excluding carboxylic acids is 3. The molecule has 8 heteroatoms. The molecule has 0 spiro atoms. The Morgan fingerprint density at radius 1 is 1.30 bits per heavy atom. The highest BCUT2D eigenvalue weighted by Gasteiger charge is 2.40. The van der Waals surface area contributed by atoms with E-state index >= 15 is 0 Å². The molecule has 0 saturated carbocycles. The standard InChI is InChI=1S/C19H22N4O4/c1-12-10-22(6-7-27-12)17(24)11-23-18(25)16(21-19(23)26)8-13-9-20-15-5-3-2-4-14(13)15/h2-5,9,12,16,20H,6-8,10-11H2,1H3,(H,21,26)/t12-,16+/m1/s1. The van der Waals surface area contributed by atoms with Crippen LogP contribution in [0.1, 0.15) is 12.5 Å². The summed E-state index contributed by atoms with van der Waals surface area (Å²) >= 11 is 0. The normalized spacial score (nSPS) is 23.1. The second kappa shape index (κ2) is 7.03. The summed E-state index contributed by atoms with van der Waals surface area (Å²) in [6.07, 6.45) is 2.20. The van der Waals surface area contributed by atoms with Crippen LogP contribution in [0.4, 0.5) is 4.79 Å². The topological polar surface area (TPSA) is 94.7 Å². The Hall–Kier alpha value is -2.87. The molecule has 0 bridgehead atoms. The van der Waals surface area contributed by atoms with Crippen LogP contribution in [-0.4, -0.2) is 71.0 Å². The quantitative estimate of drug-likeness (QED) is 0.781. The second-order valence-electron chi connectivity index (χ2n) is 7.01. The number of nitrogens with zero attached hydrogens (tertiary/aromatic N) is 2. The summed E-state index contributed by atoms with van der Waals surface area (Å²) in [5, 5.41) is 3.73. The summed E-state index contributed by atoms with van der Waals surface area (Å²) in [7, 11) is 0. The number of amides is 4. The number of carbonyl (C=O) groups is 3. The lowest BCUT2D eigenvalue weighted by atomic mass is 10.1. The fraction of sp³-hybridized carbons (Fsp3) is 0.421. The Bertz CT molecular complexity index is 893. The van der Waals surface area contributed by atoms with Gasteiger partial charge in [-0.05, 0) is 18.6 Å². The van der Waals surface area contributed by atoms with Crippen molar-refractivity contribution in [2.75, 3.05) is 26.2 Å². The molecule has 4 amide bonds. The molecular weight excluding hydrogens is 348 g/mol. The molecule has 8 nitrogen and oxygen atoms in total. The molecule has 0 unspecified atom stereocenters. The van der Waals surface area contributed by atoms with Crippen molar-refractivity contribution in [3.05, 3.63) is 36.0 Å². The van der Waals surface area contributed by atoms with E-state index in [0.29, 0.717) is 26.1 Å². The van der Waals surface area contributed by atoms with Gasteiger partial charge in [0.25, 0.3) is 5.91 Å². The number of aromatic nitrogens is 1. The third kappa shape index (κ3) is 3.40. The minimum atomic E-state index is -0.659. The fourth-order valence-electron chi connectivity index (χ4n) is 3.67. The first-order valence-corrected chi connectivity index (χ1v) is 9.09. The molecule has 142 valence electrons. The molecule has 0 radical (unpaired) electrons. The maximum absolute atomic E-state index is 12.7. The number of urea groups is 1. The van der Waals surface area contributed by atoms with E-state index in [1.165, 1.54) is 0 Å². The van der Waals surface area contributed by atoms with Gasteiger partial charge in [-0.1, -0.05) is 18.2 Å². The summed E-state index contributed by atoms with van der Waals surface area (Å²) in [5.41, 5.74) is 1.94. The first-order chi connectivity index (χ1) is 13.0. The predicted molar refractivity (Wildman–Crippen MR) is 98.0 cm³/mol. The van der Waals surface area contributed by atoms with Crippen LogP contribution in [0, 0.1) is 0 Å². The van der Waals surface area contributed by atoms with Crippen LogP contribution in [0.5, 0.6) is 0 Å². The van der Waals surface area contributed by atoms with E-state index in [9.17, 15) is 14.4 Å². The lowest BCUT2D eigenvalue weighted by Crippen LogP contribution is -2.49. The van der Waals surface area contributed by atoms with Gasteiger partial charge in [-0.2, -0.15) is 0 Å². The van der Waals surface area contributed by atoms with Gasteiger partial charge in [0, 0.05) is 36.6 Å². The number of nitrogens with one attached hydrogen (secondary N) is 2. The lowest BCUT2D eigenvalue weighted by Gasteiger charge is -2.31. The van der Waals surface area contributed by atoms with E-state index in [2.05, 4.69) is 10.3 Å². The van der Waals surface area contributed by atoms with E-state index in [0.717, 1.165) is 21.4 Å². The molecular formula is C19H22N4O4. The molecule has 3 heterocycles. The molecule has 27 heavy (non-hydrogen) atoms. The smallest absolute Gasteiger partial charge is 0.325 e. The maximum atomic E-state index is 12.7. The van der Waals surface area contributed by atoms with Crippen molar-refractivity contribution in [3.8, 4) is 0 Å². The number of H-pyrrole nitrogens is 1. The summed E-state index contributed by atoms with van der Waals surface area (Å²) in [5.74, 6) is -0.596. The summed E-state index contributed by atoms with van der Waals surface area (Å²) in [6.45, 7) is 3.08. The van der Waals surface area contributed by atoms with Crippen molar-refractivity contribution < 1.29 is 19.1 Å². The Kier molecular flexibility index (Phi) is 4.57. The SMILES string of the molecule is C[C@@H]1CN(C(=O)CN2C(=O)N[C@@H](Cc3c[nH]c4ccccc34)C2=O)CCO1. The monoisotopic (exact) mass is 370 g/mol. The van der Waals surface area contributed by atoms with Gasteiger partial charge in [-0.25, -0.2) is 4.79 Å². The third-order valence-corrected chi connectivity index (χ3v) is 5.09. The number of hydrogen-bond acceptors (Lipinski definition) is 4. The highest BCUT2D eigenvalue weighted by atomic mass is 16.5. The first-order valence-electron chi connectivity index (χ1n) is 9.09. The number of fused-ring (bicyclic) bond motifs is 1. The number of imide groups is 1. The minimum Gasteiger partial charge on any atom is -0.375 e. The van der Waals surface area contributed by atoms with E-state index < -0.39 is 12.1 Å². The van der Waals surface area contributed by atoms with Gasteiger partial charge in [0.2, 0.25) is 5.91 Å².